The molecule has 0 unspecified atom stereocenters. The van der Waals surface area contributed by atoms with E-state index >= 15 is 0 Å². The van der Waals surface area contributed by atoms with Crippen LogP contribution in [-0.4, -0.2) is 82.3 Å². The third-order valence-corrected chi connectivity index (χ3v) is 8.62. The third kappa shape index (κ3) is 8.04. The van der Waals surface area contributed by atoms with Crippen LogP contribution >= 0.6 is 0 Å². The molecule has 268 valence electrons. The largest absolute Gasteiger partial charge is 0.444 e. The minimum Gasteiger partial charge on any atom is -0.444 e. The Morgan fingerprint density at radius 3 is 1.52 bits per heavy atom. The average Bonchev–Trinajstić information content (AvgIpc) is 3.49. The molecular formula is C40H50N2O8. The molecule has 0 saturated carbocycles. The molecule has 3 aromatic rings. The molecule has 0 spiro atoms. The van der Waals surface area contributed by atoms with Crippen molar-refractivity contribution in [2.75, 3.05) is 13.2 Å². The van der Waals surface area contributed by atoms with Crippen molar-refractivity contribution in [3.05, 3.63) is 108 Å². The predicted octanol–water partition coefficient (Wildman–Crippen LogP) is 7.29. The van der Waals surface area contributed by atoms with E-state index in [9.17, 15) is 14.4 Å². The maximum Gasteiger partial charge on any atom is 0.417 e. The van der Waals surface area contributed by atoms with E-state index in [1.54, 1.807) is 55.4 Å². The van der Waals surface area contributed by atoms with Crippen LogP contribution in [0.2, 0.25) is 0 Å². The second kappa shape index (κ2) is 14.2. The monoisotopic (exact) mass is 686 g/mol. The van der Waals surface area contributed by atoms with E-state index in [1.807, 2.05) is 91.0 Å². The molecule has 4 atom stereocenters. The highest BCUT2D eigenvalue weighted by molar-refractivity contribution is 5.90. The summed E-state index contributed by atoms with van der Waals surface area (Å²) in [5.74, 6) is -1.55. The lowest BCUT2D eigenvalue weighted by atomic mass is 9.80. The SMILES string of the molecule is CC(=O)N(C[C@H]1[C@@H]2OC(C)(C)O[C@@H]2[C@H](COC(c2ccccc2)(c2ccccc2)c2ccccc2)N1C(=O)OC(C)(C)C)C(=O)OC(C)(C)C. The molecule has 2 fully saturated rings. The van der Waals surface area contributed by atoms with Gasteiger partial charge in [-0.05, 0) is 72.1 Å². The molecule has 0 aromatic heterocycles. The van der Waals surface area contributed by atoms with Crippen LogP contribution in [0.15, 0.2) is 91.0 Å². The van der Waals surface area contributed by atoms with Crippen molar-refractivity contribution < 1.29 is 38.1 Å². The van der Waals surface area contributed by atoms with Gasteiger partial charge >= 0.3 is 12.2 Å². The molecule has 2 heterocycles. The summed E-state index contributed by atoms with van der Waals surface area (Å²) in [4.78, 5) is 43.2. The summed E-state index contributed by atoms with van der Waals surface area (Å²) in [7, 11) is 0. The fourth-order valence-corrected chi connectivity index (χ4v) is 6.74. The number of hydrogen-bond acceptors (Lipinski definition) is 8. The Morgan fingerprint density at radius 2 is 1.12 bits per heavy atom. The molecule has 3 amide bonds. The van der Waals surface area contributed by atoms with E-state index in [2.05, 4.69) is 0 Å². The van der Waals surface area contributed by atoms with Gasteiger partial charge in [0.05, 0.1) is 25.2 Å². The quantitative estimate of drug-likeness (QED) is 0.228. The van der Waals surface area contributed by atoms with Crippen molar-refractivity contribution >= 4 is 18.1 Å². The highest BCUT2D eigenvalue weighted by Gasteiger charge is 2.61. The Morgan fingerprint density at radius 1 is 0.700 bits per heavy atom. The van der Waals surface area contributed by atoms with Gasteiger partial charge in [-0.1, -0.05) is 91.0 Å². The average molecular weight is 687 g/mol. The molecule has 10 nitrogen and oxygen atoms in total. The van der Waals surface area contributed by atoms with Crippen molar-refractivity contribution in [1.29, 1.82) is 0 Å². The topological polar surface area (TPSA) is 104 Å². The summed E-state index contributed by atoms with van der Waals surface area (Å²) in [6.07, 6.45) is -2.88. The zero-order valence-electron chi connectivity index (χ0n) is 30.5. The maximum atomic E-state index is 14.3. The van der Waals surface area contributed by atoms with Gasteiger partial charge in [0.15, 0.2) is 5.79 Å². The molecule has 10 heteroatoms. The molecule has 2 aliphatic heterocycles. The van der Waals surface area contributed by atoms with Gasteiger partial charge in [0.25, 0.3) is 0 Å². The minimum absolute atomic E-state index is 0.0124. The van der Waals surface area contributed by atoms with Crippen LogP contribution in [0.25, 0.3) is 0 Å². The Bertz CT molecular complexity index is 1540. The van der Waals surface area contributed by atoms with E-state index < -0.39 is 65.0 Å². The minimum atomic E-state index is -1.09. The van der Waals surface area contributed by atoms with Crippen molar-refractivity contribution in [1.82, 2.24) is 9.80 Å². The van der Waals surface area contributed by atoms with Crippen molar-refractivity contribution in [2.24, 2.45) is 0 Å². The highest BCUT2D eigenvalue weighted by Crippen LogP contribution is 2.45. The van der Waals surface area contributed by atoms with Crippen LogP contribution in [0.5, 0.6) is 0 Å². The van der Waals surface area contributed by atoms with Gasteiger partial charge in [-0.15, -0.1) is 0 Å². The fourth-order valence-electron chi connectivity index (χ4n) is 6.74. The lowest BCUT2D eigenvalue weighted by molar-refractivity contribution is -0.172. The standard InChI is InChI=1S/C40H50N2O8/c1-27(43)41(35(44)49-37(2,3)4)25-31-33-34(48-39(8,9)47-33)32(42(31)36(45)50-38(5,6)7)26-46-40(28-19-13-10-14-20-28,29-21-15-11-16-22-29)30-23-17-12-18-24-30/h10-24,31-34H,25-26H2,1-9H3/t31-,32-,33-,34+/m0/s1. The van der Waals surface area contributed by atoms with E-state index in [0.29, 0.717) is 0 Å². The molecule has 5 rings (SSSR count). The zero-order chi connectivity index (χ0) is 36.5. The summed E-state index contributed by atoms with van der Waals surface area (Å²) in [5.41, 5.74) is -0.112. The number of ether oxygens (including phenoxy) is 5. The van der Waals surface area contributed by atoms with Gasteiger partial charge in [-0.25, -0.2) is 14.5 Å². The van der Waals surface area contributed by atoms with E-state index in [0.717, 1.165) is 21.6 Å². The van der Waals surface area contributed by atoms with E-state index in [1.165, 1.54) is 11.8 Å². The molecular weight excluding hydrogens is 636 g/mol. The number of fused-ring (bicyclic) bond motifs is 1. The lowest BCUT2D eigenvalue weighted by Crippen LogP contribution is -2.55. The van der Waals surface area contributed by atoms with Crippen LogP contribution < -0.4 is 0 Å². The number of likely N-dealkylation sites (tertiary alicyclic amines) is 1. The normalized spacial score (nSPS) is 21.7. The van der Waals surface area contributed by atoms with Crippen LogP contribution in [0, 0.1) is 0 Å². The van der Waals surface area contributed by atoms with Crippen molar-refractivity contribution in [2.45, 2.75) is 109 Å². The fraction of sp³-hybridized carbons (Fsp3) is 0.475. The van der Waals surface area contributed by atoms with Crippen LogP contribution in [0.3, 0.4) is 0 Å². The van der Waals surface area contributed by atoms with E-state index in [-0.39, 0.29) is 13.2 Å². The summed E-state index contributed by atoms with van der Waals surface area (Å²) in [5, 5.41) is 0. The molecule has 2 aliphatic rings. The molecule has 2 saturated heterocycles. The number of amides is 3. The zero-order valence-corrected chi connectivity index (χ0v) is 30.5. The second-order valence-electron chi connectivity index (χ2n) is 15.3. The first-order chi connectivity index (χ1) is 23.4. The molecule has 50 heavy (non-hydrogen) atoms. The summed E-state index contributed by atoms with van der Waals surface area (Å²) in [6, 6.07) is 28.2. The first-order valence-electron chi connectivity index (χ1n) is 17.1. The van der Waals surface area contributed by atoms with E-state index in [4.69, 9.17) is 23.7 Å². The molecule has 3 aromatic carbocycles. The number of carbonyl (C=O) groups is 3. The third-order valence-electron chi connectivity index (χ3n) is 8.62. The van der Waals surface area contributed by atoms with Crippen LogP contribution in [0.4, 0.5) is 9.59 Å². The molecule has 0 N–H and O–H groups in total. The smallest absolute Gasteiger partial charge is 0.417 e. The Balaban J connectivity index is 1.62. The van der Waals surface area contributed by atoms with Gasteiger partial charge in [0, 0.05) is 6.92 Å². The molecule has 0 radical (unpaired) electrons. The summed E-state index contributed by atoms with van der Waals surface area (Å²) in [6.45, 7) is 15.2. The number of imide groups is 1. The first kappa shape index (κ1) is 37.0. The van der Waals surface area contributed by atoms with Crippen LogP contribution in [-0.2, 0) is 34.1 Å². The van der Waals surface area contributed by atoms with Gasteiger partial charge < -0.3 is 23.7 Å². The Hall–Kier alpha value is -4.25. The van der Waals surface area contributed by atoms with Crippen molar-refractivity contribution in [3.63, 3.8) is 0 Å². The first-order valence-corrected chi connectivity index (χ1v) is 17.1. The highest BCUT2D eigenvalue weighted by atomic mass is 16.8. The number of benzene rings is 3. The lowest BCUT2D eigenvalue weighted by Gasteiger charge is -2.40. The van der Waals surface area contributed by atoms with Gasteiger partial charge in [0.1, 0.15) is 29.0 Å². The van der Waals surface area contributed by atoms with Gasteiger partial charge in [-0.3, -0.25) is 9.69 Å². The maximum absolute atomic E-state index is 14.3. The summed E-state index contributed by atoms with van der Waals surface area (Å²) < 4.78 is 31.8. The number of rotatable bonds is 8. The van der Waals surface area contributed by atoms with Gasteiger partial charge in [-0.2, -0.15) is 0 Å². The van der Waals surface area contributed by atoms with Crippen molar-refractivity contribution in [3.8, 4) is 0 Å². The number of nitrogens with zero attached hydrogens (tertiary/aromatic N) is 2. The molecule has 0 bridgehead atoms. The Labute approximate surface area is 295 Å². The number of carbonyl (C=O) groups excluding carboxylic acids is 3. The van der Waals surface area contributed by atoms with Crippen LogP contribution in [0.1, 0.15) is 79.0 Å². The summed E-state index contributed by atoms with van der Waals surface area (Å²) >= 11 is 0. The number of hydrogen-bond donors (Lipinski definition) is 0. The molecule has 0 aliphatic carbocycles. The van der Waals surface area contributed by atoms with Gasteiger partial charge in [0.2, 0.25) is 5.91 Å². The second-order valence-corrected chi connectivity index (χ2v) is 15.3. The predicted molar refractivity (Wildman–Crippen MR) is 188 cm³/mol. The Kier molecular flexibility index (Phi) is 10.5.